The number of hydrogen-bond acceptors (Lipinski definition) is 5. The molecule has 1 N–H and O–H groups in total. The molecule has 0 unspecified atom stereocenters. The van der Waals surface area contributed by atoms with Crippen molar-refractivity contribution in [2.24, 2.45) is 0 Å². The molecule has 0 fully saturated rings. The van der Waals surface area contributed by atoms with Gasteiger partial charge in [-0.2, -0.15) is 5.10 Å². The van der Waals surface area contributed by atoms with Crippen molar-refractivity contribution >= 4 is 0 Å². The van der Waals surface area contributed by atoms with Gasteiger partial charge in [-0.25, -0.2) is 0 Å². The lowest BCUT2D eigenvalue weighted by Crippen LogP contribution is -2.33. The van der Waals surface area contributed by atoms with Crippen molar-refractivity contribution in [1.82, 2.24) is 15.1 Å². The van der Waals surface area contributed by atoms with Crippen molar-refractivity contribution in [3.63, 3.8) is 0 Å². The molecule has 0 aliphatic heterocycles. The zero-order chi connectivity index (χ0) is 12.0. The number of rotatable bonds is 6. The molecular weight excluding hydrogens is 206 g/mol. The van der Waals surface area contributed by atoms with Crippen LogP contribution in [0, 0.1) is 0 Å². The minimum absolute atomic E-state index is 0.155. The van der Waals surface area contributed by atoms with E-state index in [0.717, 1.165) is 5.69 Å². The predicted molar refractivity (Wildman–Crippen MR) is 61.2 cm³/mol. The molecule has 0 saturated carbocycles. The zero-order valence-corrected chi connectivity index (χ0v) is 10.1. The fourth-order valence-corrected chi connectivity index (χ4v) is 1.40. The van der Waals surface area contributed by atoms with Gasteiger partial charge in [0.25, 0.3) is 0 Å². The molecule has 0 aromatic carbocycles. The average Bonchev–Trinajstić information content (AvgIpc) is 2.29. The highest BCUT2D eigenvalue weighted by atomic mass is 16.5. The molecule has 1 heterocycles. The number of aliphatic hydroxyl groups excluding tert-OH is 1. The lowest BCUT2D eigenvalue weighted by atomic mass is 10.2. The normalized spacial score (nSPS) is 11.1. The first-order valence-corrected chi connectivity index (χ1v) is 5.39. The van der Waals surface area contributed by atoms with E-state index in [2.05, 4.69) is 28.9 Å². The maximum atomic E-state index is 8.95. The molecule has 1 aromatic heterocycles. The lowest BCUT2D eigenvalue weighted by molar-refractivity contribution is 0.157. The molecule has 90 valence electrons. The number of aromatic nitrogens is 2. The number of nitrogens with zero attached hydrogens (tertiary/aromatic N) is 3. The highest BCUT2D eigenvalue weighted by molar-refractivity contribution is 5.11. The van der Waals surface area contributed by atoms with Crippen LogP contribution in [0.25, 0.3) is 0 Å². The van der Waals surface area contributed by atoms with Crippen molar-refractivity contribution in [2.75, 3.05) is 20.3 Å². The third-order valence-electron chi connectivity index (χ3n) is 2.39. The molecule has 0 atom stereocenters. The van der Waals surface area contributed by atoms with E-state index in [1.807, 2.05) is 6.07 Å². The monoisotopic (exact) mass is 225 g/mol. The van der Waals surface area contributed by atoms with Gasteiger partial charge < -0.3 is 9.84 Å². The van der Waals surface area contributed by atoms with Crippen LogP contribution in [-0.4, -0.2) is 46.5 Å². The van der Waals surface area contributed by atoms with Crippen LogP contribution < -0.4 is 4.74 Å². The Bertz CT molecular complexity index is 301. The molecule has 0 radical (unpaired) electrons. The fourth-order valence-electron chi connectivity index (χ4n) is 1.40. The largest absolute Gasteiger partial charge is 0.480 e. The van der Waals surface area contributed by atoms with Crippen molar-refractivity contribution in [1.29, 1.82) is 0 Å². The van der Waals surface area contributed by atoms with Gasteiger partial charge in [0.2, 0.25) is 5.88 Å². The molecule has 0 aliphatic rings. The molecule has 1 aromatic rings. The van der Waals surface area contributed by atoms with Crippen molar-refractivity contribution in [2.45, 2.75) is 26.4 Å². The van der Waals surface area contributed by atoms with Gasteiger partial charge in [0, 0.05) is 25.2 Å². The quantitative estimate of drug-likeness (QED) is 0.772. The Morgan fingerprint density at radius 3 is 2.56 bits per heavy atom. The summed E-state index contributed by atoms with van der Waals surface area (Å²) < 4.78 is 4.94. The highest BCUT2D eigenvalue weighted by Crippen LogP contribution is 2.08. The van der Waals surface area contributed by atoms with Crippen LogP contribution in [0.3, 0.4) is 0 Å². The van der Waals surface area contributed by atoms with Gasteiger partial charge in [-0.1, -0.05) is 0 Å². The van der Waals surface area contributed by atoms with Crippen LogP contribution >= 0.6 is 0 Å². The van der Waals surface area contributed by atoms with Gasteiger partial charge in [0.15, 0.2) is 0 Å². The average molecular weight is 225 g/mol. The third-order valence-corrected chi connectivity index (χ3v) is 2.39. The molecule has 0 spiro atoms. The number of hydrogen-bond donors (Lipinski definition) is 1. The summed E-state index contributed by atoms with van der Waals surface area (Å²) in [5.74, 6) is 0.516. The Hall–Kier alpha value is -1.20. The Balaban J connectivity index is 2.62. The second kappa shape index (κ2) is 6.40. The molecule has 5 heteroatoms. The Kier molecular flexibility index (Phi) is 5.14. The molecule has 1 rings (SSSR count). The number of ether oxygens (including phenoxy) is 1. The minimum atomic E-state index is 0.155. The summed E-state index contributed by atoms with van der Waals surface area (Å²) in [5.41, 5.74) is 0.878. The first-order chi connectivity index (χ1) is 7.67. The van der Waals surface area contributed by atoms with Gasteiger partial charge >= 0.3 is 0 Å². The van der Waals surface area contributed by atoms with Crippen LogP contribution in [0.15, 0.2) is 12.1 Å². The summed E-state index contributed by atoms with van der Waals surface area (Å²) in [6.07, 6.45) is 0. The molecule has 5 nitrogen and oxygen atoms in total. The van der Waals surface area contributed by atoms with E-state index in [1.165, 1.54) is 0 Å². The number of methoxy groups -OCH3 is 1. The summed E-state index contributed by atoms with van der Waals surface area (Å²) in [5, 5.41) is 16.9. The van der Waals surface area contributed by atoms with Crippen molar-refractivity contribution in [3.8, 4) is 5.88 Å². The first kappa shape index (κ1) is 12.9. The summed E-state index contributed by atoms with van der Waals surface area (Å²) in [6.45, 7) is 5.67. The summed E-state index contributed by atoms with van der Waals surface area (Å²) >= 11 is 0. The molecule has 0 aliphatic carbocycles. The van der Waals surface area contributed by atoms with E-state index < -0.39 is 0 Å². The highest BCUT2D eigenvalue weighted by Gasteiger charge is 2.10. The standard InChI is InChI=1S/C11H19N3O2/c1-9(2)14(6-7-15)8-10-4-5-11(16-3)13-12-10/h4-5,9,15H,6-8H2,1-3H3. The summed E-state index contributed by atoms with van der Waals surface area (Å²) in [4.78, 5) is 2.14. The van der Waals surface area contributed by atoms with Crippen LogP contribution in [0.2, 0.25) is 0 Å². The van der Waals surface area contributed by atoms with Crippen LogP contribution in [0.4, 0.5) is 0 Å². The van der Waals surface area contributed by atoms with Gasteiger partial charge in [0.1, 0.15) is 0 Å². The van der Waals surface area contributed by atoms with Crippen molar-refractivity contribution in [3.05, 3.63) is 17.8 Å². The smallest absolute Gasteiger partial charge is 0.233 e. The lowest BCUT2D eigenvalue weighted by Gasteiger charge is -2.24. The summed E-state index contributed by atoms with van der Waals surface area (Å²) in [6, 6.07) is 4.05. The van der Waals surface area contributed by atoms with Gasteiger partial charge in [-0.05, 0) is 19.9 Å². The second-order valence-corrected chi connectivity index (χ2v) is 3.85. The van der Waals surface area contributed by atoms with E-state index in [0.29, 0.717) is 25.0 Å². The zero-order valence-electron chi connectivity index (χ0n) is 10.1. The molecule has 0 bridgehead atoms. The number of aliphatic hydroxyl groups is 1. The van der Waals surface area contributed by atoms with E-state index >= 15 is 0 Å². The SMILES string of the molecule is COc1ccc(CN(CCO)C(C)C)nn1. The Labute approximate surface area is 96.1 Å². The van der Waals surface area contributed by atoms with Crippen LogP contribution in [0.5, 0.6) is 5.88 Å². The van der Waals surface area contributed by atoms with Gasteiger partial charge in [-0.3, -0.25) is 4.90 Å². The Morgan fingerprint density at radius 2 is 2.12 bits per heavy atom. The fraction of sp³-hybridized carbons (Fsp3) is 0.636. The van der Waals surface area contributed by atoms with Gasteiger partial charge in [0.05, 0.1) is 19.4 Å². The minimum Gasteiger partial charge on any atom is -0.480 e. The van der Waals surface area contributed by atoms with Crippen LogP contribution in [0.1, 0.15) is 19.5 Å². The molecular formula is C11H19N3O2. The molecule has 16 heavy (non-hydrogen) atoms. The van der Waals surface area contributed by atoms with E-state index in [9.17, 15) is 0 Å². The first-order valence-electron chi connectivity index (χ1n) is 5.39. The van der Waals surface area contributed by atoms with Crippen molar-refractivity contribution < 1.29 is 9.84 Å². The van der Waals surface area contributed by atoms with E-state index in [-0.39, 0.29) is 6.61 Å². The second-order valence-electron chi connectivity index (χ2n) is 3.85. The Morgan fingerprint density at radius 1 is 1.38 bits per heavy atom. The van der Waals surface area contributed by atoms with E-state index in [1.54, 1.807) is 13.2 Å². The maximum absolute atomic E-state index is 8.95. The molecule has 0 amide bonds. The van der Waals surface area contributed by atoms with Crippen LogP contribution in [-0.2, 0) is 6.54 Å². The summed E-state index contributed by atoms with van der Waals surface area (Å²) in [7, 11) is 1.57. The molecule has 0 saturated heterocycles. The van der Waals surface area contributed by atoms with Gasteiger partial charge in [-0.15, -0.1) is 5.10 Å². The third kappa shape index (κ3) is 3.75. The topological polar surface area (TPSA) is 58.5 Å². The maximum Gasteiger partial charge on any atom is 0.233 e. The van der Waals surface area contributed by atoms with E-state index in [4.69, 9.17) is 9.84 Å². The predicted octanol–water partition coefficient (Wildman–Crippen LogP) is 0.688.